The van der Waals surface area contributed by atoms with Gasteiger partial charge in [0, 0.05) is 43.7 Å². The number of imide groups is 1. The monoisotopic (exact) mass is 479 g/mol. The Morgan fingerprint density at radius 2 is 1.91 bits per heavy atom. The van der Waals surface area contributed by atoms with Crippen molar-refractivity contribution in [3.8, 4) is 11.3 Å². The lowest BCUT2D eigenvalue weighted by molar-refractivity contribution is -0.115. The van der Waals surface area contributed by atoms with Crippen LogP contribution in [0.3, 0.4) is 0 Å². The second-order valence-electron chi connectivity index (χ2n) is 8.07. The Morgan fingerprint density at radius 3 is 2.62 bits per heavy atom. The van der Waals surface area contributed by atoms with E-state index in [4.69, 9.17) is 5.11 Å². The molecule has 2 aliphatic heterocycles. The van der Waals surface area contributed by atoms with Gasteiger partial charge < -0.3 is 10.0 Å². The minimum Gasteiger partial charge on any atom is -0.395 e. The maximum Gasteiger partial charge on any atom is 0.290 e. The minimum absolute atomic E-state index is 0.124. The van der Waals surface area contributed by atoms with Crippen LogP contribution in [0.1, 0.15) is 5.56 Å². The summed E-state index contributed by atoms with van der Waals surface area (Å²) in [5, 5.41) is 11.7. The summed E-state index contributed by atoms with van der Waals surface area (Å²) in [5.74, 6) is -0.745. The number of hydrogen-bond acceptors (Lipinski definition) is 8. The Bertz CT molecular complexity index is 1310. The van der Waals surface area contributed by atoms with Crippen LogP contribution in [-0.4, -0.2) is 70.5 Å². The van der Waals surface area contributed by atoms with Gasteiger partial charge in [0.2, 0.25) is 0 Å². The van der Waals surface area contributed by atoms with Crippen LogP contribution >= 0.6 is 11.8 Å². The first-order chi connectivity index (χ1) is 16.5. The van der Waals surface area contributed by atoms with Crippen LogP contribution < -0.4 is 10.2 Å². The second-order valence-corrected chi connectivity index (χ2v) is 9.08. The topological polar surface area (TPSA) is 98.7 Å². The molecule has 3 heterocycles. The number of β-amino-alcohol motifs (C(OH)–C–C–N with tert-alkyl or cyclic N) is 1. The number of halogens is 1. The molecular weight excluding hydrogens is 457 g/mol. The molecule has 0 aliphatic carbocycles. The molecule has 5 rings (SSSR count). The summed E-state index contributed by atoms with van der Waals surface area (Å²) >= 11 is 0.855. The number of fused-ring (bicyclic) bond motifs is 1. The average Bonchev–Trinajstić information content (AvgIpc) is 3.15. The van der Waals surface area contributed by atoms with Crippen molar-refractivity contribution < 1.29 is 19.1 Å². The van der Waals surface area contributed by atoms with E-state index in [9.17, 15) is 9.59 Å². The largest absolute Gasteiger partial charge is 0.395 e. The van der Waals surface area contributed by atoms with Crippen molar-refractivity contribution in [1.82, 2.24) is 20.2 Å². The maximum atomic E-state index is 15.2. The fourth-order valence-corrected chi connectivity index (χ4v) is 4.91. The molecule has 8 nitrogen and oxygen atoms in total. The van der Waals surface area contributed by atoms with E-state index in [0.717, 1.165) is 30.2 Å². The third kappa shape index (κ3) is 4.52. The molecule has 0 atom stereocenters. The van der Waals surface area contributed by atoms with E-state index in [1.165, 1.54) is 12.4 Å². The van der Waals surface area contributed by atoms with Gasteiger partial charge in [-0.3, -0.25) is 19.8 Å². The highest BCUT2D eigenvalue weighted by atomic mass is 32.2. The summed E-state index contributed by atoms with van der Waals surface area (Å²) in [4.78, 5) is 36.5. The molecule has 2 N–H and O–H groups in total. The minimum atomic E-state index is -0.422. The van der Waals surface area contributed by atoms with Gasteiger partial charge in [-0.15, -0.1) is 0 Å². The summed E-state index contributed by atoms with van der Waals surface area (Å²) < 4.78 is 15.2. The second kappa shape index (κ2) is 9.49. The van der Waals surface area contributed by atoms with Crippen molar-refractivity contribution in [2.24, 2.45) is 0 Å². The number of anilines is 1. The number of amides is 2. The molecule has 2 fully saturated rings. The first kappa shape index (κ1) is 22.5. The SMILES string of the molecule is O=C1NC(=O)/C(=C/c2ccc3ncnc(-c4ccc(N5CCN(CCO)CC5)c(F)c4)c3c2)S1. The Labute approximate surface area is 199 Å². The molecule has 2 amide bonds. The van der Waals surface area contributed by atoms with Gasteiger partial charge in [0.1, 0.15) is 12.1 Å². The van der Waals surface area contributed by atoms with Gasteiger partial charge in [-0.25, -0.2) is 14.4 Å². The molecule has 0 spiro atoms. The van der Waals surface area contributed by atoms with Crippen LogP contribution in [0.2, 0.25) is 0 Å². The molecule has 0 saturated carbocycles. The number of hydrogen-bond donors (Lipinski definition) is 2. The first-order valence-corrected chi connectivity index (χ1v) is 11.7. The van der Waals surface area contributed by atoms with Gasteiger partial charge in [-0.2, -0.15) is 0 Å². The predicted octanol–water partition coefficient (Wildman–Crippen LogP) is 2.87. The zero-order chi connectivity index (χ0) is 23.7. The van der Waals surface area contributed by atoms with Gasteiger partial charge in [0.05, 0.1) is 28.4 Å². The number of aliphatic hydroxyl groups is 1. The zero-order valence-electron chi connectivity index (χ0n) is 18.2. The summed E-state index contributed by atoms with van der Waals surface area (Å²) in [6, 6.07) is 10.6. The van der Waals surface area contributed by atoms with Crippen LogP contribution in [0.25, 0.3) is 28.2 Å². The molecule has 0 radical (unpaired) electrons. The van der Waals surface area contributed by atoms with Crippen molar-refractivity contribution >= 4 is 45.6 Å². The Morgan fingerprint density at radius 1 is 1.09 bits per heavy atom. The number of aliphatic hydroxyl groups excluding tert-OH is 1. The van der Waals surface area contributed by atoms with Crippen molar-refractivity contribution in [2.75, 3.05) is 44.2 Å². The Balaban J connectivity index is 1.45. The van der Waals surface area contributed by atoms with Gasteiger partial charge in [0.25, 0.3) is 11.1 Å². The number of carbonyl (C=O) groups is 2. The third-order valence-corrected chi connectivity index (χ3v) is 6.76. The van der Waals surface area contributed by atoms with Crippen molar-refractivity contribution in [1.29, 1.82) is 0 Å². The summed E-state index contributed by atoms with van der Waals surface area (Å²) in [6.07, 6.45) is 3.09. The predicted molar refractivity (Wildman–Crippen MR) is 130 cm³/mol. The lowest BCUT2D eigenvalue weighted by Gasteiger charge is -2.36. The molecular formula is C24H22FN5O3S. The standard InChI is InChI=1S/C24H22FN5O3S/c25-18-13-16(2-4-20(18)30-7-5-29(6-8-30)9-10-31)22-17-11-15(1-3-19(17)26-14-27-22)12-21-23(32)28-24(33)34-21/h1-4,11-14,31H,5-10H2,(H,28,32,33)/b21-12-. The molecule has 0 unspecified atom stereocenters. The highest BCUT2D eigenvalue weighted by molar-refractivity contribution is 8.18. The fourth-order valence-electron chi connectivity index (χ4n) is 4.23. The van der Waals surface area contributed by atoms with E-state index < -0.39 is 11.1 Å². The van der Waals surface area contributed by atoms with E-state index >= 15 is 4.39 Å². The van der Waals surface area contributed by atoms with Gasteiger partial charge in [0.15, 0.2) is 0 Å². The van der Waals surface area contributed by atoms with E-state index in [1.54, 1.807) is 12.1 Å². The Kier molecular flexibility index (Phi) is 6.27. The van der Waals surface area contributed by atoms with Crippen molar-refractivity contribution in [3.63, 3.8) is 0 Å². The smallest absolute Gasteiger partial charge is 0.290 e. The van der Waals surface area contributed by atoms with E-state index in [1.807, 2.05) is 29.2 Å². The van der Waals surface area contributed by atoms with Crippen LogP contribution in [0.15, 0.2) is 47.6 Å². The number of benzene rings is 2. The molecule has 2 saturated heterocycles. The molecule has 1 aromatic heterocycles. The van der Waals surface area contributed by atoms with Crippen LogP contribution in [0.4, 0.5) is 14.9 Å². The first-order valence-electron chi connectivity index (χ1n) is 10.9. The summed E-state index contributed by atoms with van der Waals surface area (Å²) in [5.41, 5.74) is 3.17. The van der Waals surface area contributed by atoms with Gasteiger partial charge in [-0.05, 0) is 47.7 Å². The Hall–Kier alpha value is -3.34. The van der Waals surface area contributed by atoms with Crippen molar-refractivity contribution in [2.45, 2.75) is 0 Å². The summed E-state index contributed by atoms with van der Waals surface area (Å²) in [6.45, 7) is 3.70. The molecule has 2 aliphatic rings. The van der Waals surface area contributed by atoms with Crippen LogP contribution in [0.5, 0.6) is 0 Å². The van der Waals surface area contributed by atoms with E-state index in [-0.39, 0.29) is 12.4 Å². The van der Waals surface area contributed by atoms with Crippen LogP contribution in [-0.2, 0) is 4.79 Å². The number of piperazine rings is 1. The molecule has 0 bridgehead atoms. The van der Waals surface area contributed by atoms with Gasteiger partial charge >= 0.3 is 0 Å². The highest BCUT2D eigenvalue weighted by Gasteiger charge is 2.25. The maximum absolute atomic E-state index is 15.2. The quantitative estimate of drug-likeness (QED) is 0.539. The fraction of sp³-hybridized carbons (Fsp3) is 0.250. The normalized spacial score (nSPS) is 18.2. The molecule has 3 aromatic rings. The number of nitrogens with one attached hydrogen (secondary N) is 1. The number of carbonyl (C=O) groups excluding carboxylic acids is 2. The zero-order valence-corrected chi connectivity index (χ0v) is 19.0. The van der Waals surface area contributed by atoms with Gasteiger partial charge in [-0.1, -0.05) is 12.1 Å². The lowest BCUT2D eigenvalue weighted by atomic mass is 10.0. The summed E-state index contributed by atoms with van der Waals surface area (Å²) in [7, 11) is 0. The molecule has 10 heteroatoms. The van der Waals surface area contributed by atoms with E-state index in [0.29, 0.717) is 52.6 Å². The third-order valence-electron chi connectivity index (χ3n) is 5.95. The lowest BCUT2D eigenvalue weighted by Crippen LogP contribution is -2.47. The number of nitrogens with zero attached hydrogens (tertiary/aromatic N) is 4. The number of aromatic nitrogens is 2. The average molecular weight is 480 g/mol. The van der Waals surface area contributed by atoms with Crippen LogP contribution in [0, 0.1) is 5.82 Å². The molecule has 174 valence electrons. The number of rotatable bonds is 5. The molecule has 2 aromatic carbocycles. The van der Waals surface area contributed by atoms with E-state index in [2.05, 4.69) is 20.2 Å². The molecule has 34 heavy (non-hydrogen) atoms. The number of thioether (sulfide) groups is 1. The highest BCUT2D eigenvalue weighted by Crippen LogP contribution is 2.32. The van der Waals surface area contributed by atoms with Crippen molar-refractivity contribution in [3.05, 3.63) is 59.0 Å².